The third kappa shape index (κ3) is 3.83. The molecule has 0 saturated carbocycles. The lowest BCUT2D eigenvalue weighted by molar-refractivity contribution is 0.0952. The number of rotatable bonds is 6. The molecule has 0 unspecified atom stereocenters. The molecule has 3 rings (SSSR count). The van der Waals surface area contributed by atoms with Gasteiger partial charge in [0.05, 0.1) is 17.8 Å². The Bertz CT molecular complexity index is 931. The van der Waals surface area contributed by atoms with Gasteiger partial charge in [-0.3, -0.25) is 9.78 Å². The van der Waals surface area contributed by atoms with Gasteiger partial charge in [-0.05, 0) is 48.4 Å². The van der Waals surface area contributed by atoms with Crippen LogP contribution in [-0.4, -0.2) is 17.9 Å². The Kier molecular flexibility index (Phi) is 5.49. The molecule has 26 heavy (non-hydrogen) atoms. The van der Waals surface area contributed by atoms with Crippen molar-refractivity contribution in [3.63, 3.8) is 0 Å². The number of thiophene rings is 1. The second-order valence-corrected chi connectivity index (χ2v) is 7.26. The smallest absolute Gasteiger partial charge is 0.253 e. The van der Waals surface area contributed by atoms with Gasteiger partial charge < -0.3 is 10.6 Å². The van der Waals surface area contributed by atoms with E-state index in [0.29, 0.717) is 12.1 Å². The van der Waals surface area contributed by atoms with Crippen LogP contribution in [0.2, 0.25) is 0 Å². The summed E-state index contributed by atoms with van der Waals surface area (Å²) in [7, 11) is 1.82. The van der Waals surface area contributed by atoms with Crippen molar-refractivity contribution in [2.24, 2.45) is 0 Å². The molecule has 0 aliphatic rings. The Labute approximate surface area is 157 Å². The van der Waals surface area contributed by atoms with Gasteiger partial charge in [-0.2, -0.15) is 0 Å². The molecule has 1 aromatic carbocycles. The van der Waals surface area contributed by atoms with Crippen LogP contribution in [0.4, 0.5) is 5.69 Å². The normalized spacial score (nSPS) is 10.4. The summed E-state index contributed by atoms with van der Waals surface area (Å²) in [5.74, 6) is -0.107. The van der Waals surface area contributed by atoms with E-state index in [0.717, 1.165) is 27.3 Å². The molecule has 0 spiro atoms. The van der Waals surface area contributed by atoms with Gasteiger partial charge in [-0.25, -0.2) is 0 Å². The first kappa shape index (κ1) is 17.9. The molecule has 1 amide bonds. The van der Waals surface area contributed by atoms with Gasteiger partial charge in [0.2, 0.25) is 0 Å². The number of para-hydroxylation sites is 1. The highest BCUT2D eigenvalue weighted by Crippen LogP contribution is 2.30. The predicted molar refractivity (Wildman–Crippen MR) is 109 cm³/mol. The number of carbonyl (C=O) groups is 1. The van der Waals surface area contributed by atoms with Gasteiger partial charge in [0, 0.05) is 34.8 Å². The van der Waals surface area contributed by atoms with Crippen LogP contribution in [0.25, 0.3) is 5.57 Å². The highest BCUT2D eigenvalue weighted by Gasteiger charge is 2.16. The number of amides is 1. The molecule has 0 aliphatic carbocycles. The molecule has 0 radical (unpaired) electrons. The molecule has 2 aromatic heterocycles. The van der Waals surface area contributed by atoms with Crippen LogP contribution in [0.3, 0.4) is 0 Å². The topological polar surface area (TPSA) is 54.0 Å². The number of nitrogens with one attached hydrogen (secondary N) is 2. The maximum absolute atomic E-state index is 12.7. The van der Waals surface area contributed by atoms with Gasteiger partial charge in [0.15, 0.2) is 0 Å². The minimum absolute atomic E-state index is 0.107. The fourth-order valence-electron chi connectivity index (χ4n) is 2.81. The van der Waals surface area contributed by atoms with E-state index in [1.807, 2.05) is 43.4 Å². The second-order valence-electron chi connectivity index (χ2n) is 5.89. The standard InChI is InChI=1S/C21H21N3OS/c1-14-7-8-17(26-14)13-24-21(25)19-6-4-5-18(20(19)22-3)15(2)16-9-11-23-12-10-16/h4-12,22H,2,13H2,1,3H3,(H,24,25). The third-order valence-corrected chi connectivity index (χ3v) is 5.13. The van der Waals surface area contributed by atoms with E-state index < -0.39 is 0 Å². The minimum Gasteiger partial charge on any atom is -0.387 e. The van der Waals surface area contributed by atoms with Crippen LogP contribution < -0.4 is 10.6 Å². The summed E-state index contributed by atoms with van der Waals surface area (Å²) in [5.41, 5.74) is 4.10. The van der Waals surface area contributed by atoms with Gasteiger partial charge in [0.25, 0.3) is 5.91 Å². The average Bonchev–Trinajstić information content (AvgIpc) is 3.10. The highest BCUT2D eigenvalue weighted by molar-refractivity contribution is 7.11. The van der Waals surface area contributed by atoms with E-state index in [1.54, 1.807) is 23.7 Å². The lowest BCUT2D eigenvalue weighted by Crippen LogP contribution is -2.23. The summed E-state index contributed by atoms with van der Waals surface area (Å²) >= 11 is 1.69. The molecule has 5 heteroatoms. The van der Waals surface area contributed by atoms with Crippen molar-refractivity contribution in [3.05, 3.63) is 87.9 Å². The number of hydrogen-bond donors (Lipinski definition) is 2. The lowest BCUT2D eigenvalue weighted by atomic mass is 9.96. The molecule has 3 aromatic rings. The maximum atomic E-state index is 12.7. The number of aromatic nitrogens is 1. The van der Waals surface area contributed by atoms with Crippen molar-refractivity contribution in [2.45, 2.75) is 13.5 Å². The molecular formula is C21H21N3OS. The zero-order chi connectivity index (χ0) is 18.5. The van der Waals surface area contributed by atoms with Gasteiger partial charge in [-0.15, -0.1) is 11.3 Å². The molecule has 0 fully saturated rings. The predicted octanol–water partition coefficient (Wildman–Crippen LogP) is 4.48. The van der Waals surface area contributed by atoms with Crippen LogP contribution in [0.15, 0.2) is 61.4 Å². The molecule has 132 valence electrons. The molecule has 4 nitrogen and oxygen atoms in total. The molecule has 0 saturated heterocycles. The number of carbonyl (C=O) groups excluding carboxylic acids is 1. The Morgan fingerprint density at radius 2 is 1.85 bits per heavy atom. The van der Waals surface area contributed by atoms with Crippen molar-refractivity contribution in [2.75, 3.05) is 12.4 Å². The first-order valence-electron chi connectivity index (χ1n) is 8.34. The summed E-state index contributed by atoms with van der Waals surface area (Å²) in [6, 6.07) is 13.6. The Morgan fingerprint density at radius 1 is 1.12 bits per heavy atom. The van der Waals surface area contributed by atoms with Crippen LogP contribution in [0, 0.1) is 6.92 Å². The fourth-order valence-corrected chi connectivity index (χ4v) is 3.64. The first-order chi connectivity index (χ1) is 12.6. The summed E-state index contributed by atoms with van der Waals surface area (Å²) in [5, 5.41) is 6.16. The van der Waals surface area contributed by atoms with E-state index in [2.05, 4.69) is 35.2 Å². The number of nitrogens with zero attached hydrogens (tertiary/aromatic N) is 1. The van der Waals surface area contributed by atoms with E-state index in [-0.39, 0.29) is 5.91 Å². The molecule has 0 atom stereocenters. The van der Waals surface area contributed by atoms with Crippen molar-refractivity contribution in [1.29, 1.82) is 0 Å². The minimum atomic E-state index is -0.107. The number of pyridine rings is 1. The first-order valence-corrected chi connectivity index (χ1v) is 9.15. The monoisotopic (exact) mass is 363 g/mol. The summed E-state index contributed by atoms with van der Waals surface area (Å²) in [4.78, 5) is 19.1. The van der Waals surface area contributed by atoms with Crippen molar-refractivity contribution >= 4 is 28.5 Å². The lowest BCUT2D eigenvalue weighted by Gasteiger charge is -2.16. The number of hydrogen-bond acceptors (Lipinski definition) is 4. The fraction of sp³-hybridized carbons (Fsp3) is 0.143. The molecule has 2 N–H and O–H groups in total. The Morgan fingerprint density at radius 3 is 2.50 bits per heavy atom. The van der Waals surface area contributed by atoms with Crippen molar-refractivity contribution in [3.8, 4) is 0 Å². The van der Waals surface area contributed by atoms with Gasteiger partial charge in [-0.1, -0.05) is 18.7 Å². The molecular weight excluding hydrogens is 342 g/mol. The maximum Gasteiger partial charge on any atom is 0.253 e. The van der Waals surface area contributed by atoms with Crippen molar-refractivity contribution in [1.82, 2.24) is 10.3 Å². The van der Waals surface area contributed by atoms with Crippen molar-refractivity contribution < 1.29 is 4.79 Å². The number of anilines is 1. The average molecular weight is 363 g/mol. The zero-order valence-electron chi connectivity index (χ0n) is 14.9. The largest absolute Gasteiger partial charge is 0.387 e. The van der Waals surface area contributed by atoms with E-state index in [4.69, 9.17) is 0 Å². The third-order valence-electron chi connectivity index (χ3n) is 4.13. The second kappa shape index (κ2) is 7.97. The van der Waals surface area contributed by atoms with Gasteiger partial charge >= 0.3 is 0 Å². The SMILES string of the molecule is C=C(c1ccncc1)c1cccc(C(=O)NCc2ccc(C)s2)c1NC. The molecule has 0 bridgehead atoms. The molecule has 2 heterocycles. The van der Waals surface area contributed by atoms with Crippen LogP contribution in [-0.2, 0) is 6.54 Å². The van der Waals surface area contributed by atoms with Crippen LogP contribution in [0.1, 0.15) is 31.2 Å². The van der Waals surface area contributed by atoms with E-state index >= 15 is 0 Å². The van der Waals surface area contributed by atoms with E-state index in [9.17, 15) is 4.79 Å². The summed E-state index contributed by atoms with van der Waals surface area (Å²) in [6.45, 7) is 6.79. The summed E-state index contributed by atoms with van der Waals surface area (Å²) < 4.78 is 0. The van der Waals surface area contributed by atoms with Gasteiger partial charge in [0.1, 0.15) is 0 Å². The Balaban J connectivity index is 1.85. The Hall–Kier alpha value is -2.92. The zero-order valence-corrected chi connectivity index (χ0v) is 15.7. The van der Waals surface area contributed by atoms with Crippen LogP contribution in [0.5, 0.6) is 0 Å². The number of aryl methyl sites for hydroxylation is 1. The molecule has 0 aliphatic heterocycles. The summed E-state index contributed by atoms with van der Waals surface area (Å²) in [6.07, 6.45) is 3.47. The number of benzene rings is 1. The van der Waals surface area contributed by atoms with Crippen LogP contribution >= 0.6 is 11.3 Å². The quantitative estimate of drug-likeness (QED) is 0.679. The highest BCUT2D eigenvalue weighted by atomic mass is 32.1. The van der Waals surface area contributed by atoms with E-state index in [1.165, 1.54) is 4.88 Å².